The number of hydrogen-bond acceptors (Lipinski definition) is 7. The van der Waals surface area contributed by atoms with Gasteiger partial charge in [-0.05, 0) is 37.1 Å². The lowest BCUT2D eigenvalue weighted by molar-refractivity contribution is 0.442. The molecule has 30 heavy (non-hydrogen) atoms. The molecule has 156 valence electrons. The Balaban J connectivity index is 1.88. The van der Waals surface area contributed by atoms with Crippen molar-refractivity contribution in [1.29, 1.82) is 0 Å². The highest BCUT2D eigenvalue weighted by atomic mass is 32.2. The predicted octanol–water partition coefficient (Wildman–Crippen LogP) is 4.42. The quantitative estimate of drug-likeness (QED) is 0.599. The Hall–Kier alpha value is -2.78. The van der Waals surface area contributed by atoms with Crippen LogP contribution in [0.2, 0.25) is 0 Å². The zero-order valence-electron chi connectivity index (χ0n) is 16.4. The molecule has 3 aromatic rings. The molecule has 0 aliphatic carbocycles. The zero-order valence-corrected chi connectivity index (χ0v) is 17.2. The van der Waals surface area contributed by atoms with Crippen LogP contribution in [0, 0.1) is 11.6 Å². The summed E-state index contributed by atoms with van der Waals surface area (Å²) < 4.78 is 34.3. The summed E-state index contributed by atoms with van der Waals surface area (Å²) in [5, 5.41) is 14.8. The van der Waals surface area contributed by atoms with Crippen molar-refractivity contribution in [2.45, 2.75) is 31.1 Å². The van der Waals surface area contributed by atoms with Gasteiger partial charge in [0.25, 0.3) is 0 Å². The summed E-state index contributed by atoms with van der Waals surface area (Å²) in [4.78, 5) is -0.785. The monoisotopic (exact) mass is 429 g/mol. The molecular formula is C21H21F2N5OS. The molecule has 0 bridgehead atoms. The highest BCUT2D eigenvalue weighted by Gasteiger charge is 2.48. The lowest BCUT2D eigenvalue weighted by Crippen LogP contribution is -2.38. The highest BCUT2D eigenvalue weighted by Crippen LogP contribution is 2.51. The Morgan fingerprint density at radius 1 is 1.10 bits per heavy atom. The van der Waals surface area contributed by atoms with Crippen LogP contribution >= 0.6 is 11.8 Å². The molecule has 1 aliphatic rings. The summed E-state index contributed by atoms with van der Waals surface area (Å²) in [6.07, 6.45) is 1.85. The van der Waals surface area contributed by atoms with Gasteiger partial charge in [0.15, 0.2) is 11.6 Å². The van der Waals surface area contributed by atoms with E-state index in [2.05, 4.69) is 15.3 Å². The number of halogens is 2. The molecule has 2 aromatic carbocycles. The SMILES string of the molecule is CCc1nnc(N2N=C(c3cccc(F)c3F)SC2(CCCN)c2ccccc2)o1. The van der Waals surface area contributed by atoms with E-state index in [1.807, 2.05) is 37.3 Å². The van der Waals surface area contributed by atoms with E-state index < -0.39 is 16.5 Å². The maximum absolute atomic E-state index is 14.6. The van der Waals surface area contributed by atoms with Gasteiger partial charge in [0, 0.05) is 12.0 Å². The molecule has 0 radical (unpaired) electrons. The average Bonchev–Trinajstić information content (AvgIpc) is 3.40. The number of nitrogens with two attached hydrogens (primary N) is 1. The first-order chi connectivity index (χ1) is 14.6. The standard InChI is InChI=1S/C21H21F2N5OS/c1-2-17-25-26-20(29-17)28-21(12-7-13-24,14-8-4-3-5-9-14)30-19(27-28)15-10-6-11-16(22)18(15)23/h3-6,8-11H,2,7,12-13,24H2,1H3. The van der Waals surface area contributed by atoms with Crippen molar-refractivity contribution < 1.29 is 13.2 Å². The van der Waals surface area contributed by atoms with Crippen LogP contribution in [0.25, 0.3) is 0 Å². The van der Waals surface area contributed by atoms with Gasteiger partial charge >= 0.3 is 6.01 Å². The molecule has 1 aromatic heterocycles. The van der Waals surface area contributed by atoms with Crippen molar-refractivity contribution in [2.24, 2.45) is 10.8 Å². The molecular weight excluding hydrogens is 408 g/mol. The van der Waals surface area contributed by atoms with E-state index in [1.165, 1.54) is 23.9 Å². The van der Waals surface area contributed by atoms with Crippen molar-refractivity contribution in [1.82, 2.24) is 10.2 Å². The molecule has 1 aliphatic heterocycles. The number of aromatic nitrogens is 2. The van der Waals surface area contributed by atoms with E-state index in [0.717, 1.165) is 11.6 Å². The molecule has 0 saturated heterocycles. The summed E-state index contributed by atoms with van der Waals surface area (Å²) in [6.45, 7) is 2.38. The Morgan fingerprint density at radius 2 is 1.90 bits per heavy atom. The summed E-state index contributed by atoms with van der Waals surface area (Å²) in [6, 6.07) is 14.0. The average molecular weight is 429 g/mol. The number of anilines is 1. The van der Waals surface area contributed by atoms with Gasteiger partial charge in [0.05, 0.1) is 0 Å². The molecule has 1 atom stereocenters. The lowest BCUT2D eigenvalue weighted by atomic mass is 10.0. The molecule has 0 spiro atoms. The fraction of sp³-hybridized carbons (Fsp3) is 0.286. The molecule has 6 nitrogen and oxygen atoms in total. The Bertz CT molecular complexity index is 1060. The summed E-state index contributed by atoms with van der Waals surface area (Å²) in [5.41, 5.74) is 6.83. The van der Waals surface area contributed by atoms with E-state index in [-0.39, 0.29) is 11.6 Å². The van der Waals surface area contributed by atoms with Crippen molar-refractivity contribution in [3.63, 3.8) is 0 Å². The summed E-state index contributed by atoms with van der Waals surface area (Å²) in [5.74, 6) is -1.39. The maximum Gasteiger partial charge on any atom is 0.340 e. The van der Waals surface area contributed by atoms with Gasteiger partial charge in [0.2, 0.25) is 5.89 Å². The zero-order chi connectivity index (χ0) is 21.1. The molecule has 0 amide bonds. The minimum Gasteiger partial charge on any atom is -0.407 e. The topological polar surface area (TPSA) is 80.5 Å². The van der Waals surface area contributed by atoms with Crippen LogP contribution in [0.5, 0.6) is 0 Å². The highest BCUT2D eigenvalue weighted by molar-refractivity contribution is 8.15. The van der Waals surface area contributed by atoms with Gasteiger partial charge in [-0.25, -0.2) is 8.78 Å². The van der Waals surface area contributed by atoms with Crippen LogP contribution < -0.4 is 10.7 Å². The fourth-order valence-corrected chi connectivity index (χ4v) is 4.78. The van der Waals surface area contributed by atoms with E-state index in [0.29, 0.717) is 36.7 Å². The van der Waals surface area contributed by atoms with Gasteiger partial charge in [-0.3, -0.25) is 0 Å². The van der Waals surface area contributed by atoms with Crippen LogP contribution in [0.15, 0.2) is 58.0 Å². The van der Waals surface area contributed by atoms with Gasteiger partial charge in [-0.15, -0.1) is 5.10 Å². The van der Waals surface area contributed by atoms with Crippen molar-refractivity contribution in [3.8, 4) is 0 Å². The van der Waals surface area contributed by atoms with Crippen LogP contribution in [0.1, 0.15) is 36.8 Å². The lowest BCUT2D eigenvalue weighted by Gasteiger charge is -2.34. The largest absolute Gasteiger partial charge is 0.407 e. The normalized spacial score (nSPS) is 18.7. The maximum atomic E-state index is 14.6. The summed E-state index contributed by atoms with van der Waals surface area (Å²) in [7, 11) is 0. The third-order valence-corrected chi connectivity index (χ3v) is 6.31. The third kappa shape index (κ3) is 3.59. The second-order valence-electron chi connectivity index (χ2n) is 6.79. The van der Waals surface area contributed by atoms with Crippen molar-refractivity contribution >= 4 is 22.8 Å². The van der Waals surface area contributed by atoms with E-state index in [1.54, 1.807) is 5.01 Å². The minimum absolute atomic E-state index is 0.0887. The number of nitrogens with zero attached hydrogens (tertiary/aromatic N) is 4. The number of benzene rings is 2. The number of rotatable bonds is 7. The first-order valence-electron chi connectivity index (χ1n) is 9.69. The smallest absolute Gasteiger partial charge is 0.340 e. The third-order valence-electron chi connectivity index (χ3n) is 4.86. The van der Waals surface area contributed by atoms with Crippen LogP contribution in [-0.2, 0) is 11.3 Å². The van der Waals surface area contributed by atoms with Crippen molar-refractivity contribution in [3.05, 3.63) is 77.2 Å². The van der Waals surface area contributed by atoms with E-state index in [9.17, 15) is 8.78 Å². The van der Waals surface area contributed by atoms with Crippen LogP contribution in [0.4, 0.5) is 14.8 Å². The molecule has 1 unspecified atom stereocenters. The fourth-order valence-electron chi connectivity index (χ4n) is 3.37. The van der Waals surface area contributed by atoms with E-state index in [4.69, 9.17) is 10.2 Å². The van der Waals surface area contributed by atoms with Crippen LogP contribution in [0.3, 0.4) is 0 Å². The summed E-state index contributed by atoms with van der Waals surface area (Å²) >= 11 is 1.33. The Labute approximate surface area is 177 Å². The first-order valence-corrected chi connectivity index (χ1v) is 10.5. The molecule has 2 heterocycles. The molecule has 0 saturated carbocycles. The van der Waals surface area contributed by atoms with Crippen LogP contribution in [-0.4, -0.2) is 21.8 Å². The minimum atomic E-state index is -0.939. The van der Waals surface area contributed by atoms with Gasteiger partial charge in [0.1, 0.15) is 9.91 Å². The number of thioether (sulfide) groups is 1. The molecule has 9 heteroatoms. The van der Waals surface area contributed by atoms with Gasteiger partial charge in [-0.2, -0.15) is 10.1 Å². The number of hydrazone groups is 1. The second-order valence-corrected chi connectivity index (χ2v) is 8.06. The Morgan fingerprint density at radius 3 is 2.60 bits per heavy atom. The molecule has 2 N–H and O–H groups in total. The first kappa shape index (κ1) is 20.5. The second kappa shape index (κ2) is 8.53. The van der Waals surface area contributed by atoms with Crippen molar-refractivity contribution in [2.75, 3.05) is 11.6 Å². The Kier molecular flexibility index (Phi) is 5.83. The molecule has 4 rings (SSSR count). The molecule has 0 fully saturated rings. The van der Waals surface area contributed by atoms with Gasteiger partial charge in [-0.1, -0.05) is 60.2 Å². The van der Waals surface area contributed by atoms with E-state index >= 15 is 0 Å². The number of aryl methyl sites for hydroxylation is 1. The number of hydrogen-bond donors (Lipinski definition) is 1. The van der Waals surface area contributed by atoms with Gasteiger partial charge < -0.3 is 10.2 Å². The predicted molar refractivity (Wildman–Crippen MR) is 113 cm³/mol.